The number of piperidine rings is 1. The Balaban J connectivity index is 1.76. The molecule has 0 saturated carbocycles. The molecule has 3 rings (SSSR count). The molecule has 7 nitrogen and oxygen atoms in total. The smallest absolute Gasteiger partial charge is 0.410 e. The summed E-state index contributed by atoms with van der Waals surface area (Å²) in [5.74, 6) is 0.788. The molecule has 2 aromatic heterocycles. The number of halogens is 1. The van der Waals surface area contributed by atoms with Crippen molar-refractivity contribution in [1.82, 2.24) is 19.5 Å². The zero-order valence-corrected chi connectivity index (χ0v) is 16.5. The third kappa shape index (κ3) is 4.20. The SMILES string of the molecule is CCc1cnn2c(NC3CCCN(C(=O)OC(C)(C)C)C3)cc(Cl)nc12. The number of hydrogen-bond donors (Lipinski definition) is 1. The molecule has 1 saturated heterocycles. The molecule has 1 atom stereocenters. The van der Waals surface area contributed by atoms with Gasteiger partial charge in [-0.3, -0.25) is 0 Å². The predicted octanol–water partition coefficient (Wildman–Crippen LogP) is 3.76. The van der Waals surface area contributed by atoms with E-state index < -0.39 is 5.60 Å². The second-order valence-corrected chi connectivity index (χ2v) is 8.02. The molecule has 1 N–H and O–H groups in total. The van der Waals surface area contributed by atoms with Crippen LogP contribution in [0.1, 0.15) is 46.1 Å². The number of rotatable bonds is 3. The van der Waals surface area contributed by atoms with Gasteiger partial charge in [-0.05, 0) is 40.0 Å². The summed E-state index contributed by atoms with van der Waals surface area (Å²) in [5.41, 5.74) is 1.32. The van der Waals surface area contributed by atoms with E-state index in [9.17, 15) is 4.79 Å². The van der Waals surface area contributed by atoms with Crippen LogP contribution in [0, 0.1) is 0 Å². The molecule has 142 valence electrons. The molecule has 1 aliphatic heterocycles. The molecule has 0 radical (unpaired) electrons. The van der Waals surface area contributed by atoms with Crippen molar-refractivity contribution in [3.63, 3.8) is 0 Å². The van der Waals surface area contributed by atoms with Crippen LogP contribution in [0.3, 0.4) is 0 Å². The molecule has 2 aromatic rings. The number of anilines is 1. The van der Waals surface area contributed by atoms with Crippen LogP contribution in [0.5, 0.6) is 0 Å². The van der Waals surface area contributed by atoms with E-state index in [-0.39, 0.29) is 12.1 Å². The molecule has 1 aliphatic rings. The zero-order valence-electron chi connectivity index (χ0n) is 15.8. The highest BCUT2D eigenvalue weighted by molar-refractivity contribution is 6.29. The fourth-order valence-electron chi connectivity index (χ4n) is 3.13. The first-order valence-electron chi connectivity index (χ1n) is 9.04. The Labute approximate surface area is 158 Å². The topological polar surface area (TPSA) is 71.8 Å². The number of carbonyl (C=O) groups excluding carboxylic acids is 1. The van der Waals surface area contributed by atoms with Gasteiger partial charge in [0.25, 0.3) is 0 Å². The molecule has 26 heavy (non-hydrogen) atoms. The number of amides is 1. The number of carbonyl (C=O) groups is 1. The van der Waals surface area contributed by atoms with Gasteiger partial charge in [-0.2, -0.15) is 9.61 Å². The quantitative estimate of drug-likeness (QED) is 0.822. The first-order valence-corrected chi connectivity index (χ1v) is 9.42. The average molecular weight is 380 g/mol. The molecule has 0 spiro atoms. The first kappa shape index (κ1) is 18.8. The van der Waals surface area contributed by atoms with Crippen LogP contribution >= 0.6 is 11.6 Å². The van der Waals surface area contributed by atoms with E-state index in [4.69, 9.17) is 16.3 Å². The van der Waals surface area contributed by atoms with Crippen molar-refractivity contribution in [3.05, 3.63) is 23.0 Å². The number of aryl methyl sites for hydroxylation is 1. The van der Waals surface area contributed by atoms with Gasteiger partial charge in [0.2, 0.25) is 0 Å². The summed E-state index contributed by atoms with van der Waals surface area (Å²) in [6.45, 7) is 8.99. The van der Waals surface area contributed by atoms with Crippen molar-refractivity contribution in [2.75, 3.05) is 18.4 Å². The van der Waals surface area contributed by atoms with Crippen molar-refractivity contribution in [3.8, 4) is 0 Å². The highest BCUT2D eigenvalue weighted by atomic mass is 35.5. The van der Waals surface area contributed by atoms with Crippen LogP contribution in [0.15, 0.2) is 12.3 Å². The van der Waals surface area contributed by atoms with E-state index in [1.165, 1.54) is 0 Å². The lowest BCUT2D eigenvalue weighted by Crippen LogP contribution is -2.47. The van der Waals surface area contributed by atoms with E-state index in [1.807, 2.05) is 27.0 Å². The van der Waals surface area contributed by atoms with E-state index >= 15 is 0 Å². The van der Waals surface area contributed by atoms with Gasteiger partial charge in [-0.1, -0.05) is 18.5 Å². The van der Waals surface area contributed by atoms with Gasteiger partial charge in [0, 0.05) is 30.8 Å². The Bertz CT molecular complexity index is 799. The molecule has 8 heteroatoms. The van der Waals surface area contributed by atoms with Crippen molar-refractivity contribution < 1.29 is 9.53 Å². The summed E-state index contributed by atoms with van der Waals surface area (Å²) in [5, 5.41) is 8.33. The monoisotopic (exact) mass is 379 g/mol. The fraction of sp³-hybridized carbons (Fsp3) is 0.611. The van der Waals surface area contributed by atoms with Gasteiger partial charge < -0.3 is 15.0 Å². The minimum Gasteiger partial charge on any atom is -0.444 e. The van der Waals surface area contributed by atoms with Crippen LogP contribution in [0.4, 0.5) is 10.6 Å². The minimum absolute atomic E-state index is 0.104. The second kappa shape index (κ2) is 7.31. The highest BCUT2D eigenvalue weighted by Gasteiger charge is 2.28. The molecule has 0 aliphatic carbocycles. The third-order valence-corrected chi connectivity index (χ3v) is 4.51. The normalized spacial score (nSPS) is 18.2. The molecule has 1 fully saturated rings. The van der Waals surface area contributed by atoms with Gasteiger partial charge in [0.05, 0.1) is 6.20 Å². The lowest BCUT2D eigenvalue weighted by molar-refractivity contribution is 0.0206. The van der Waals surface area contributed by atoms with Crippen molar-refractivity contribution in [2.24, 2.45) is 0 Å². The average Bonchev–Trinajstić information content (AvgIpc) is 2.96. The standard InChI is InChI=1S/C18H26ClN5O2/c1-5-12-10-20-24-15(9-14(19)22-16(12)24)21-13-7-6-8-23(11-13)17(25)26-18(2,3)4/h9-10,13,21H,5-8,11H2,1-4H3. The summed E-state index contributed by atoms with van der Waals surface area (Å²) in [4.78, 5) is 18.5. The maximum Gasteiger partial charge on any atom is 0.410 e. The molecule has 0 aromatic carbocycles. The van der Waals surface area contributed by atoms with Crippen molar-refractivity contribution >= 4 is 29.2 Å². The van der Waals surface area contributed by atoms with Crippen LogP contribution in [-0.2, 0) is 11.2 Å². The Morgan fingerprint density at radius 3 is 2.92 bits per heavy atom. The summed E-state index contributed by atoms with van der Waals surface area (Å²) in [6.07, 6.45) is 4.26. The summed E-state index contributed by atoms with van der Waals surface area (Å²) >= 11 is 6.20. The second-order valence-electron chi connectivity index (χ2n) is 7.63. The molecule has 3 heterocycles. The number of aromatic nitrogens is 3. The first-order chi connectivity index (χ1) is 12.3. The lowest BCUT2D eigenvalue weighted by atomic mass is 10.1. The summed E-state index contributed by atoms with van der Waals surface area (Å²) in [6, 6.07) is 1.88. The fourth-order valence-corrected chi connectivity index (χ4v) is 3.31. The number of fused-ring (bicyclic) bond motifs is 1. The van der Waals surface area contributed by atoms with Crippen LogP contribution in [0.25, 0.3) is 5.65 Å². The van der Waals surface area contributed by atoms with E-state index in [0.29, 0.717) is 18.2 Å². The van der Waals surface area contributed by atoms with E-state index in [0.717, 1.165) is 36.3 Å². The van der Waals surface area contributed by atoms with Gasteiger partial charge >= 0.3 is 6.09 Å². The summed E-state index contributed by atoms with van der Waals surface area (Å²) in [7, 11) is 0. The number of likely N-dealkylation sites (tertiary alicyclic amines) is 1. The Hall–Kier alpha value is -2.02. The highest BCUT2D eigenvalue weighted by Crippen LogP contribution is 2.22. The summed E-state index contributed by atoms with van der Waals surface area (Å²) < 4.78 is 7.27. The van der Waals surface area contributed by atoms with Crippen LogP contribution in [-0.4, -0.2) is 50.3 Å². The molecular weight excluding hydrogens is 354 g/mol. The van der Waals surface area contributed by atoms with Crippen molar-refractivity contribution in [2.45, 2.75) is 58.6 Å². The number of nitrogens with one attached hydrogen (secondary N) is 1. The lowest BCUT2D eigenvalue weighted by Gasteiger charge is -2.34. The maximum absolute atomic E-state index is 12.3. The van der Waals surface area contributed by atoms with E-state index in [1.54, 1.807) is 15.5 Å². The van der Waals surface area contributed by atoms with Crippen molar-refractivity contribution in [1.29, 1.82) is 0 Å². The number of ether oxygens (including phenoxy) is 1. The van der Waals surface area contributed by atoms with Crippen LogP contribution in [0.2, 0.25) is 5.15 Å². The number of hydrogen-bond acceptors (Lipinski definition) is 5. The van der Waals surface area contributed by atoms with Crippen LogP contribution < -0.4 is 5.32 Å². The third-order valence-electron chi connectivity index (χ3n) is 4.32. The molecular formula is C18H26ClN5O2. The van der Waals surface area contributed by atoms with Gasteiger partial charge in [-0.15, -0.1) is 0 Å². The largest absolute Gasteiger partial charge is 0.444 e. The Kier molecular flexibility index (Phi) is 5.27. The Morgan fingerprint density at radius 2 is 2.23 bits per heavy atom. The van der Waals surface area contributed by atoms with Gasteiger partial charge in [0.15, 0.2) is 5.65 Å². The van der Waals surface area contributed by atoms with Gasteiger partial charge in [0.1, 0.15) is 16.6 Å². The van der Waals surface area contributed by atoms with Gasteiger partial charge in [-0.25, -0.2) is 9.78 Å². The zero-order chi connectivity index (χ0) is 18.9. The molecule has 1 unspecified atom stereocenters. The van der Waals surface area contributed by atoms with E-state index in [2.05, 4.69) is 22.3 Å². The molecule has 0 bridgehead atoms. The number of nitrogens with zero attached hydrogens (tertiary/aromatic N) is 4. The minimum atomic E-state index is -0.492. The predicted molar refractivity (Wildman–Crippen MR) is 102 cm³/mol. The maximum atomic E-state index is 12.3. The Morgan fingerprint density at radius 1 is 1.46 bits per heavy atom. The molecule has 1 amide bonds.